The Morgan fingerprint density at radius 3 is 0.929 bits per heavy atom. The number of hydrogen-bond donors (Lipinski definition) is 3. The summed E-state index contributed by atoms with van der Waals surface area (Å²) in [7, 11) is -17.9. The monoisotopic (exact) mass is 1840 g/mol. The number of phenolic OH excluding ortho intramolecular Hbond substituents is 3. The minimum absolute atomic E-state index is 0. The molecule has 0 saturated heterocycles. The molecule has 0 fully saturated rings. The molecule has 126 heavy (non-hydrogen) atoms. The molecule has 14 rings (SSSR count). The van der Waals surface area contributed by atoms with Gasteiger partial charge in [0.1, 0.15) is 106 Å². The predicted molar refractivity (Wildman–Crippen MR) is 474 cm³/mol. The second-order valence-electron chi connectivity index (χ2n) is 26.4. The molecule has 0 aliphatic rings. The van der Waals surface area contributed by atoms with Gasteiger partial charge in [-0.15, -0.1) is 12.8 Å². The van der Waals surface area contributed by atoms with E-state index in [0.29, 0.717) is 62.7 Å². The molecule has 0 bridgehead atoms. The first kappa shape index (κ1) is 106. The number of terminal acetylenes is 2. The molecule has 0 aliphatic carbocycles. The molecule has 0 aromatic heterocycles. The maximum Gasteiger partial charge on any atom is 1.00 e. The Hall–Kier alpha value is -10.7. The third kappa shape index (κ3) is 29.2. The first-order chi connectivity index (χ1) is 57.5. The van der Waals surface area contributed by atoms with E-state index in [1.54, 1.807) is 122 Å². The fraction of sp³-hybridized carbons (Fsp3) is 0.0928. The second kappa shape index (κ2) is 47.7. The van der Waals surface area contributed by atoms with Crippen molar-refractivity contribution in [2.45, 2.75) is 89.1 Å². The first-order valence-electron chi connectivity index (χ1n) is 36.1. The molecule has 14 aromatic carbocycles. The average Bonchev–Trinajstić information content (AvgIpc) is 0.799. The molecule has 3 N–H and O–H groups in total. The van der Waals surface area contributed by atoms with Gasteiger partial charge in [0.25, 0.3) is 0 Å². The van der Waals surface area contributed by atoms with Crippen LogP contribution in [-0.4, -0.2) is 80.7 Å². The average molecular weight is 1850 g/mol. The molecular weight excluding hydrogens is 1760 g/mol. The number of ether oxygens (including phenoxy) is 6. The SMILES string of the molecule is C.C.C.C#Cc1cc(C)ccc1O.C#Cc1cc(Oc2ccc(S(=O)(=O)c3ccc(Oc4ccc(-c5ccc(Oc6ccc(S(=O)(=O)c7ccc(Oc8ccc(OC)cc8S(=O)(=O)[O-])cc7)cc6)cc5)cc4)cc3)cc2)ccc1OC.Cc1ccc(-c2ccc(O)cc2)cc1.Cc1ccc(O)c(S(=O)(=O)[O-])c1.Cc1ccc(S(=O)(=O)c2ccc(F)cc2)cc1.[K+].[K+]. The summed E-state index contributed by atoms with van der Waals surface area (Å²) in [6, 6.07) is 83.0. The minimum atomic E-state index is -4.90. The van der Waals surface area contributed by atoms with E-state index in [9.17, 15) is 55.6 Å². The number of phenols is 3. The summed E-state index contributed by atoms with van der Waals surface area (Å²) >= 11 is 0. The van der Waals surface area contributed by atoms with Crippen LogP contribution in [0.15, 0.2) is 355 Å². The largest absolute Gasteiger partial charge is 1.00 e. The topological polar surface area (TPSA) is 333 Å². The van der Waals surface area contributed by atoms with E-state index in [2.05, 4.69) is 43.0 Å². The number of halogens is 1. The van der Waals surface area contributed by atoms with Gasteiger partial charge in [-0.05, 0) is 279 Å². The number of hydrogen-bond acceptors (Lipinski definition) is 21. The predicted octanol–water partition coefficient (Wildman–Crippen LogP) is 15.6. The summed E-state index contributed by atoms with van der Waals surface area (Å²) in [5.41, 5.74) is 9.11. The van der Waals surface area contributed by atoms with E-state index in [1.807, 2.05) is 56.3 Å². The van der Waals surface area contributed by atoms with E-state index in [1.165, 1.54) is 135 Å². The summed E-state index contributed by atoms with van der Waals surface area (Å²) in [6.07, 6.45) is 10.7. The Labute approximate surface area is 821 Å². The Morgan fingerprint density at radius 1 is 0.294 bits per heavy atom. The summed E-state index contributed by atoms with van der Waals surface area (Å²) in [5, 5.41) is 27.2. The molecule has 0 unspecified atom stereocenters. The summed E-state index contributed by atoms with van der Waals surface area (Å²) in [4.78, 5) is -0.705. The molecule has 29 heteroatoms. The molecule has 0 spiro atoms. The van der Waals surface area contributed by atoms with Gasteiger partial charge >= 0.3 is 103 Å². The van der Waals surface area contributed by atoms with Crippen LogP contribution in [0, 0.1) is 58.2 Å². The van der Waals surface area contributed by atoms with Gasteiger partial charge in [-0.25, -0.2) is 46.5 Å². The van der Waals surface area contributed by atoms with Gasteiger partial charge in [-0.1, -0.05) is 130 Å². The van der Waals surface area contributed by atoms with Crippen LogP contribution in [-0.2, 0) is 49.7 Å². The van der Waals surface area contributed by atoms with Crippen LogP contribution in [0.25, 0.3) is 22.3 Å². The van der Waals surface area contributed by atoms with Crippen LogP contribution in [0.2, 0.25) is 0 Å². The van der Waals surface area contributed by atoms with E-state index in [0.717, 1.165) is 52.1 Å². The number of sulfone groups is 3. The zero-order valence-electron chi connectivity index (χ0n) is 67.3. The van der Waals surface area contributed by atoms with Crippen LogP contribution in [0.4, 0.5) is 4.39 Å². The maximum absolute atomic E-state index is 13.4. The summed E-state index contributed by atoms with van der Waals surface area (Å²) < 4.78 is 191. The van der Waals surface area contributed by atoms with Gasteiger partial charge in [0, 0.05) is 12.1 Å². The molecule has 0 amide bonds. The van der Waals surface area contributed by atoms with Crippen molar-refractivity contribution in [2.24, 2.45) is 0 Å². The van der Waals surface area contributed by atoms with Gasteiger partial charge in [-0.2, -0.15) is 0 Å². The van der Waals surface area contributed by atoms with Gasteiger partial charge in [-0.3, -0.25) is 0 Å². The Bertz CT molecular complexity index is 6590. The Morgan fingerprint density at radius 2 is 0.579 bits per heavy atom. The van der Waals surface area contributed by atoms with Crippen molar-refractivity contribution in [3.8, 4) is 122 Å². The summed E-state index contributed by atoms with van der Waals surface area (Å²) in [5.74, 6) is 7.85. The van der Waals surface area contributed by atoms with E-state index in [4.69, 9.17) is 56.6 Å². The fourth-order valence-electron chi connectivity index (χ4n) is 11.2. The van der Waals surface area contributed by atoms with E-state index >= 15 is 0 Å². The summed E-state index contributed by atoms with van der Waals surface area (Å²) in [6.45, 7) is 7.52. The molecule has 0 atom stereocenters. The molecule has 21 nitrogen and oxygen atoms in total. The standard InChI is InChI=1S/C52H38O13S3.C13H11FO2S.C13H12O.C9H8O.C7H8O4S.3CH4.2K/c1-4-35-33-45(22-31-50(35)61-3)64-42-17-27-48(28-18-42)66(53,54)46-23-13-40(14-24-46)62-38-9-5-36(6-10-38)37-7-11-39(12-8-37)63-41-15-25-47(26-16-41)67(55,56)49-29-19-43(20-30-49)65-51-32-21-44(60-2)34-52(51)68(57,58)59;1-10-2-6-12(7-3-10)17(15,16)13-8-4-11(14)5-9-13;1-10-2-4-11(5-3-10)12-6-8-13(14)9-7-12;1-3-8-6-7(2)4-5-9(8)10;1-5-2-3-6(8)7(4-5)12(9,10)11;;;;;/h1,5-34H,2-3H3,(H,57,58,59);2-9H,1H3;2-9,14H,1H3;1,4-6,10H,2H3;2-4,8H,1H3,(H,9,10,11);3*1H4;;/q;;;;;;;;2*+1/p-2. The van der Waals surface area contributed by atoms with Gasteiger partial charge in [0.15, 0.2) is 0 Å². The maximum atomic E-state index is 13.4. The first-order valence-corrected chi connectivity index (χ1v) is 43.4. The van der Waals surface area contributed by atoms with Crippen LogP contribution in [0.1, 0.15) is 55.7 Å². The van der Waals surface area contributed by atoms with Crippen molar-refractivity contribution >= 4 is 49.7 Å². The number of aryl methyl sites for hydroxylation is 4. The van der Waals surface area contributed by atoms with Crippen molar-refractivity contribution in [1.29, 1.82) is 0 Å². The van der Waals surface area contributed by atoms with Crippen LogP contribution in [0.5, 0.6) is 74.7 Å². The number of rotatable bonds is 20. The smallest absolute Gasteiger partial charge is 0.744 e. The molecule has 640 valence electrons. The van der Waals surface area contributed by atoms with E-state index < -0.39 is 71.1 Å². The number of benzene rings is 14. The third-order valence-corrected chi connectivity index (χ3v) is 24.7. The third-order valence-electron chi connectivity index (χ3n) is 17.7. The fourth-order valence-corrected chi connectivity index (χ4v) is 16.3. The number of aromatic hydroxyl groups is 3. The zero-order chi connectivity index (χ0) is 87.4. The molecule has 14 aromatic rings. The van der Waals surface area contributed by atoms with Crippen LogP contribution >= 0.6 is 0 Å². The zero-order valence-corrected chi connectivity index (χ0v) is 77.6. The normalized spacial score (nSPS) is 10.7. The van der Waals surface area contributed by atoms with Gasteiger partial charge in [0.2, 0.25) is 29.5 Å². The van der Waals surface area contributed by atoms with Crippen LogP contribution in [0.3, 0.4) is 0 Å². The molecule has 0 heterocycles. The van der Waals surface area contributed by atoms with Crippen LogP contribution < -0.4 is 131 Å². The number of methoxy groups -OCH3 is 2. The Balaban J connectivity index is 0.000000386. The molecule has 0 aliphatic heterocycles. The van der Waals surface area contributed by atoms with Crippen molar-refractivity contribution in [3.63, 3.8) is 0 Å². The minimum Gasteiger partial charge on any atom is -0.744 e. The van der Waals surface area contributed by atoms with Gasteiger partial charge in [0.05, 0.1) is 59.6 Å². The second-order valence-corrected chi connectivity index (χ2v) is 34.9. The molecule has 0 radical (unpaired) electrons. The Kier molecular flexibility index (Phi) is 40.1. The van der Waals surface area contributed by atoms with Crippen molar-refractivity contribution in [3.05, 3.63) is 355 Å². The quantitative estimate of drug-likeness (QED) is 0.0276. The molecule has 0 saturated carbocycles. The van der Waals surface area contributed by atoms with Crippen molar-refractivity contribution in [1.82, 2.24) is 0 Å². The molecular formula is C97H87FK2O21S5. The van der Waals surface area contributed by atoms with Crippen molar-refractivity contribution < 1.29 is 202 Å². The van der Waals surface area contributed by atoms with E-state index in [-0.39, 0.29) is 177 Å². The van der Waals surface area contributed by atoms with Gasteiger partial charge < -0.3 is 52.8 Å². The van der Waals surface area contributed by atoms with Crippen molar-refractivity contribution in [2.75, 3.05) is 14.2 Å².